The molecule has 5 nitrogen and oxygen atoms in total. The Morgan fingerprint density at radius 1 is 1.24 bits per heavy atom. The van der Waals surface area contributed by atoms with Crippen LogP contribution in [0.3, 0.4) is 0 Å². The van der Waals surface area contributed by atoms with Gasteiger partial charge in [0, 0.05) is 25.6 Å². The minimum absolute atomic E-state index is 0. The SMILES string of the molecule is CN=C(NCc1ccc(O)c(F)c1)NC1CC2(CCCC2)Oc2ccccc21.I. The van der Waals surface area contributed by atoms with E-state index in [4.69, 9.17) is 4.74 Å². The Hall–Kier alpha value is -2.03. The van der Waals surface area contributed by atoms with E-state index in [2.05, 4.69) is 21.7 Å². The summed E-state index contributed by atoms with van der Waals surface area (Å²) in [7, 11) is 1.73. The number of nitrogens with one attached hydrogen (secondary N) is 2. The Labute approximate surface area is 187 Å². The van der Waals surface area contributed by atoms with Gasteiger partial charge >= 0.3 is 0 Å². The average molecular weight is 511 g/mol. The number of hydrogen-bond acceptors (Lipinski definition) is 3. The third kappa shape index (κ3) is 4.76. The first-order chi connectivity index (χ1) is 13.6. The third-order valence-corrected chi connectivity index (χ3v) is 5.72. The van der Waals surface area contributed by atoms with Gasteiger partial charge in [0.05, 0.1) is 6.04 Å². The first kappa shape index (κ1) is 21.7. The van der Waals surface area contributed by atoms with Crippen molar-refractivity contribution in [3.63, 3.8) is 0 Å². The van der Waals surface area contributed by atoms with Gasteiger partial charge in [0.2, 0.25) is 0 Å². The molecule has 1 fully saturated rings. The normalized spacial score (nSPS) is 19.8. The third-order valence-electron chi connectivity index (χ3n) is 5.72. The van der Waals surface area contributed by atoms with Crippen LogP contribution >= 0.6 is 24.0 Å². The summed E-state index contributed by atoms with van der Waals surface area (Å²) in [5.74, 6) is 0.642. The molecule has 1 heterocycles. The number of ether oxygens (including phenoxy) is 1. The topological polar surface area (TPSA) is 65.9 Å². The quantitative estimate of drug-likeness (QED) is 0.319. The maximum atomic E-state index is 13.6. The number of nitrogens with zero attached hydrogens (tertiary/aromatic N) is 1. The van der Waals surface area contributed by atoms with Crippen LogP contribution in [-0.4, -0.2) is 23.7 Å². The number of aromatic hydroxyl groups is 1. The molecule has 0 radical (unpaired) electrons. The van der Waals surface area contributed by atoms with Gasteiger partial charge in [-0.05, 0) is 49.4 Å². The van der Waals surface area contributed by atoms with Gasteiger partial charge < -0.3 is 20.5 Å². The fraction of sp³-hybridized carbons (Fsp3) is 0.409. The second-order valence-electron chi connectivity index (χ2n) is 7.64. The van der Waals surface area contributed by atoms with Gasteiger partial charge in [-0.25, -0.2) is 4.39 Å². The molecular weight excluding hydrogens is 484 g/mol. The van der Waals surface area contributed by atoms with Crippen LogP contribution in [0.15, 0.2) is 47.5 Å². The maximum absolute atomic E-state index is 13.6. The Kier molecular flexibility index (Phi) is 6.87. The number of para-hydroxylation sites is 1. The molecular formula is C22H27FIN3O2. The Balaban J connectivity index is 0.00000240. The van der Waals surface area contributed by atoms with Crippen LogP contribution in [0, 0.1) is 5.82 Å². The average Bonchev–Trinajstić information content (AvgIpc) is 3.14. The fourth-order valence-corrected chi connectivity index (χ4v) is 4.28. The number of phenols is 1. The Morgan fingerprint density at radius 2 is 2.00 bits per heavy atom. The molecule has 2 aromatic rings. The fourth-order valence-electron chi connectivity index (χ4n) is 4.28. The minimum atomic E-state index is -0.622. The van der Waals surface area contributed by atoms with E-state index in [-0.39, 0.29) is 41.4 Å². The van der Waals surface area contributed by atoms with E-state index < -0.39 is 5.82 Å². The lowest BCUT2D eigenvalue weighted by Crippen LogP contribution is -2.46. The Morgan fingerprint density at radius 3 is 2.72 bits per heavy atom. The molecule has 1 spiro atoms. The van der Waals surface area contributed by atoms with Gasteiger partial charge in [-0.3, -0.25) is 4.99 Å². The standard InChI is InChI=1S/C22H26FN3O2.HI/c1-24-21(25-14-15-8-9-19(27)17(23)12-15)26-18-13-22(10-4-5-11-22)28-20-7-3-2-6-16(18)20;/h2-3,6-9,12,18,27H,4-5,10-11,13-14H2,1H3,(H2,24,25,26);1H. The van der Waals surface area contributed by atoms with Crippen molar-refractivity contribution in [2.24, 2.45) is 4.99 Å². The molecule has 156 valence electrons. The van der Waals surface area contributed by atoms with Crippen molar-refractivity contribution in [3.8, 4) is 11.5 Å². The molecule has 1 saturated carbocycles. The number of halogens is 2. The van der Waals surface area contributed by atoms with Gasteiger partial charge in [0.25, 0.3) is 0 Å². The monoisotopic (exact) mass is 511 g/mol. The lowest BCUT2D eigenvalue weighted by molar-refractivity contribution is 0.0396. The van der Waals surface area contributed by atoms with E-state index in [1.165, 1.54) is 25.0 Å². The van der Waals surface area contributed by atoms with Crippen LogP contribution in [0.1, 0.15) is 49.3 Å². The minimum Gasteiger partial charge on any atom is -0.505 e. The highest BCUT2D eigenvalue weighted by Gasteiger charge is 2.43. The van der Waals surface area contributed by atoms with Gasteiger partial charge in [-0.1, -0.05) is 24.3 Å². The molecule has 2 aliphatic rings. The number of rotatable bonds is 3. The van der Waals surface area contributed by atoms with Gasteiger partial charge in [0.1, 0.15) is 11.4 Å². The van der Waals surface area contributed by atoms with E-state index in [1.54, 1.807) is 13.1 Å². The highest BCUT2D eigenvalue weighted by molar-refractivity contribution is 14.0. The first-order valence-electron chi connectivity index (χ1n) is 9.81. The Bertz CT molecular complexity index is 884. The number of aliphatic imine (C=N–C) groups is 1. The zero-order chi connectivity index (χ0) is 19.6. The second-order valence-corrected chi connectivity index (χ2v) is 7.64. The van der Waals surface area contributed by atoms with Crippen molar-refractivity contribution in [2.45, 2.75) is 50.3 Å². The van der Waals surface area contributed by atoms with Crippen LogP contribution in [0.4, 0.5) is 4.39 Å². The molecule has 0 bridgehead atoms. The summed E-state index contributed by atoms with van der Waals surface area (Å²) in [6, 6.07) is 12.7. The van der Waals surface area contributed by atoms with Crippen molar-refractivity contribution in [1.29, 1.82) is 0 Å². The summed E-state index contributed by atoms with van der Waals surface area (Å²) < 4.78 is 20.0. The summed E-state index contributed by atoms with van der Waals surface area (Å²) in [5, 5.41) is 16.1. The van der Waals surface area contributed by atoms with Crippen molar-refractivity contribution in [2.75, 3.05) is 7.05 Å². The van der Waals surface area contributed by atoms with Crippen molar-refractivity contribution in [1.82, 2.24) is 10.6 Å². The lowest BCUT2D eigenvalue weighted by atomic mass is 9.86. The van der Waals surface area contributed by atoms with E-state index in [9.17, 15) is 9.50 Å². The predicted octanol–water partition coefficient (Wildman–Crippen LogP) is 4.65. The molecule has 1 atom stereocenters. The zero-order valence-electron chi connectivity index (χ0n) is 16.5. The van der Waals surface area contributed by atoms with E-state index >= 15 is 0 Å². The summed E-state index contributed by atoms with van der Waals surface area (Å²) in [6.45, 7) is 0.410. The second kappa shape index (κ2) is 9.19. The molecule has 7 heteroatoms. The van der Waals surface area contributed by atoms with Crippen molar-refractivity contribution in [3.05, 3.63) is 59.4 Å². The molecule has 3 N–H and O–H groups in total. The number of phenolic OH excluding ortho intramolecular Hbond substituents is 1. The molecule has 0 saturated heterocycles. The van der Waals surface area contributed by atoms with Gasteiger partial charge in [-0.15, -0.1) is 24.0 Å². The number of benzene rings is 2. The van der Waals surface area contributed by atoms with Crippen LogP contribution in [-0.2, 0) is 6.54 Å². The van der Waals surface area contributed by atoms with Crippen LogP contribution in [0.2, 0.25) is 0 Å². The number of guanidine groups is 1. The maximum Gasteiger partial charge on any atom is 0.191 e. The van der Waals surface area contributed by atoms with Crippen LogP contribution in [0.5, 0.6) is 11.5 Å². The molecule has 1 unspecified atom stereocenters. The highest BCUT2D eigenvalue weighted by Crippen LogP contribution is 2.46. The largest absolute Gasteiger partial charge is 0.505 e. The number of fused-ring (bicyclic) bond motifs is 1. The van der Waals surface area contributed by atoms with Crippen molar-refractivity contribution >= 4 is 29.9 Å². The highest BCUT2D eigenvalue weighted by atomic mass is 127. The van der Waals surface area contributed by atoms with Gasteiger partial charge in [0.15, 0.2) is 17.5 Å². The van der Waals surface area contributed by atoms with E-state index in [0.717, 1.165) is 36.1 Å². The van der Waals surface area contributed by atoms with E-state index in [1.807, 2.05) is 18.2 Å². The predicted molar refractivity (Wildman–Crippen MR) is 122 cm³/mol. The van der Waals surface area contributed by atoms with E-state index in [0.29, 0.717) is 12.5 Å². The summed E-state index contributed by atoms with van der Waals surface area (Å²) in [4.78, 5) is 4.34. The first-order valence-corrected chi connectivity index (χ1v) is 9.81. The summed E-state index contributed by atoms with van der Waals surface area (Å²) in [6.07, 6.45) is 5.47. The molecule has 2 aromatic carbocycles. The molecule has 29 heavy (non-hydrogen) atoms. The lowest BCUT2D eigenvalue weighted by Gasteiger charge is -2.40. The smallest absolute Gasteiger partial charge is 0.191 e. The summed E-state index contributed by atoms with van der Waals surface area (Å²) >= 11 is 0. The molecule has 4 rings (SSSR count). The molecule has 0 aromatic heterocycles. The van der Waals surface area contributed by atoms with Crippen molar-refractivity contribution < 1.29 is 14.2 Å². The molecule has 0 amide bonds. The van der Waals surface area contributed by atoms with Gasteiger partial charge in [-0.2, -0.15) is 0 Å². The van der Waals surface area contributed by atoms with Crippen LogP contribution in [0.25, 0.3) is 0 Å². The zero-order valence-corrected chi connectivity index (χ0v) is 18.8. The van der Waals surface area contributed by atoms with Crippen LogP contribution < -0.4 is 15.4 Å². The molecule has 1 aliphatic carbocycles. The number of hydrogen-bond donors (Lipinski definition) is 3. The summed E-state index contributed by atoms with van der Waals surface area (Å²) in [5.41, 5.74) is 1.78. The molecule has 1 aliphatic heterocycles.